The van der Waals surface area contributed by atoms with Crippen LogP contribution in [0, 0.1) is 0 Å². The molecule has 2 rings (SSSR count). The molecule has 0 radical (unpaired) electrons. The highest BCUT2D eigenvalue weighted by Gasteiger charge is 2.11. The van der Waals surface area contributed by atoms with E-state index in [-0.39, 0.29) is 0 Å². The number of amides is 1. The molecule has 0 saturated carbocycles. The minimum atomic E-state index is -0.726. The molecule has 0 aromatic heterocycles. The average molecular weight is 249 g/mol. The molecule has 0 atom stereocenters. The maximum absolute atomic E-state index is 10.4. The summed E-state index contributed by atoms with van der Waals surface area (Å²) in [6, 6.07) is 6.36. The second-order valence-electron chi connectivity index (χ2n) is 4.33. The minimum absolute atomic E-state index is 0.303. The van der Waals surface area contributed by atoms with Gasteiger partial charge in [0.1, 0.15) is 6.61 Å². The topological polar surface area (TPSA) is 76.4 Å². The zero-order chi connectivity index (χ0) is 12.8. The van der Waals surface area contributed by atoms with E-state index in [1.54, 1.807) is 0 Å². The predicted molar refractivity (Wildman–Crippen MR) is 70.5 cm³/mol. The average Bonchev–Trinajstić information content (AvgIpc) is 2.38. The van der Waals surface area contributed by atoms with Gasteiger partial charge in [0.05, 0.1) is 0 Å². The number of nitrogens with one attached hydrogen (secondary N) is 2. The van der Waals surface area contributed by atoms with Crippen molar-refractivity contribution in [3.05, 3.63) is 29.3 Å². The van der Waals surface area contributed by atoms with Gasteiger partial charge >= 0.3 is 6.09 Å². The fraction of sp³-hybridized carbons (Fsp3) is 0.462. The number of aryl methyl sites for hydroxylation is 1. The monoisotopic (exact) mass is 249 g/mol. The number of hydrogen-bond acceptors (Lipinski definition) is 4. The van der Waals surface area contributed by atoms with Gasteiger partial charge in [0, 0.05) is 25.3 Å². The van der Waals surface area contributed by atoms with Gasteiger partial charge in [-0.2, -0.15) is 0 Å². The summed E-state index contributed by atoms with van der Waals surface area (Å²) in [6.07, 6.45) is 1.60. The van der Waals surface area contributed by atoms with Crippen molar-refractivity contribution >= 4 is 11.8 Å². The van der Waals surface area contributed by atoms with Crippen LogP contribution in [0.4, 0.5) is 10.5 Å². The Kier molecular flexibility index (Phi) is 4.41. The zero-order valence-corrected chi connectivity index (χ0v) is 10.4. The molecule has 1 aliphatic rings. The molecule has 18 heavy (non-hydrogen) atoms. The number of para-hydroxylation sites is 1. The zero-order valence-electron chi connectivity index (χ0n) is 10.4. The lowest BCUT2D eigenvalue weighted by molar-refractivity contribution is 0.157. The maximum Gasteiger partial charge on any atom is 0.404 e. The van der Waals surface area contributed by atoms with Crippen molar-refractivity contribution in [3.8, 4) is 0 Å². The molecular formula is C13H19N3O2. The molecule has 5 nitrogen and oxygen atoms in total. The van der Waals surface area contributed by atoms with Crippen molar-refractivity contribution < 1.29 is 9.53 Å². The van der Waals surface area contributed by atoms with Crippen molar-refractivity contribution in [2.24, 2.45) is 5.73 Å². The van der Waals surface area contributed by atoms with Gasteiger partial charge in [0.25, 0.3) is 0 Å². The van der Waals surface area contributed by atoms with Crippen molar-refractivity contribution in [1.82, 2.24) is 5.32 Å². The van der Waals surface area contributed by atoms with Crippen LogP contribution < -0.4 is 16.4 Å². The standard InChI is InChI=1S/C13H19N3O2/c14-13(17)18-8-7-15-9-11-4-1-3-10-5-2-6-16-12(10)11/h1,3-4,15-16H,2,5-9H2,(H2,14,17). The molecule has 1 amide bonds. The number of ether oxygens (including phenoxy) is 1. The Morgan fingerprint density at radius 3 is 3.22 bits per heavy atom. The molecule has 0 aliphatic carbocycles. The lowest BCUT2D eigenvalue weighted by atomic mass is 9.99. The molecule has 0 spiro atoms. The second kappa shape index (κ2) is 6.26. The van der Waals surface area contributed by atoms with Crippen molar-refractivity contribution in [2.75, 3.05) is 25.0 Å². The fourth-order valence-electron chi connectivity index (χ4n) is 2.18. The summed E-state index contributed by atoms with van der Waals surface area (Å²) in [4.78, 5) is 10.4. The first-order chi connectivity index (χ1) is 8.77. The van der Waals surface area contributed by atoms with Gasteiger partial charge in [-0.3, -0.25) is 0 Å². The molecule has 5 heteroatoms. The van der Waals surface area contributed by atoms with Crippen LogP contribution >= 0.6 is 0 Å². The Bertz CT molecular complexity index is 421. The second-order valence-corrected chi connectivity index (χ2v) is 4.33. The van der Waals surface area contributed by atoms with Gasteiger partial charge < -0.3 is 21.1 Å². The highest BCUT2D eigenvalue weighted by Crippen LogP contribution is 2.25. The summed E-state index contributed by atoms with van der Waals surface area (Å²) in [5, 5.41) is 6.68. The first-order valence-corrected chi connectivity index (χ1v) is 6.25. The largest absolute Gasteiger partial charge is 0.448 e. The quantitative estimate of drug-likeness (QED) is 0.686. The summed E-state index contributed by atoms with van der Waals surface area (Å²) in [5.74, 6) is 0. The van der Waals surface area contributed by atoms with Crippen LogP contribution in [0.5, 0.6) is 0 Å². The maximum atomic E-state index is 10.4. The van der Waals surface area contributed by atoms with Crippen LogP contribution in [0.3, 0.4) is 0 Å². The van der Waals surface area contributed by atoms with E-state index >= 15 is 0 Å². The van der Waals surface area contributed by atoms with Gasteiger partial charge in [0.15, 0.2) is 0 Å². The normalized spacial score (nSPS) is 13.6. The minimum Gasteiger partial charge on any atom is -0.448 e. The van der Waals surface area contributed by atoms with Crippen molar-refractivity contribution in [1.29, 1.82) is 0 Å². The molecule has 0 bridgehead atoms. The Morgan fingerprint density at radius 2 is 2.39 bits per heavy atom. The van der Waals surface area contributed by atoms with Crippen molar-refractivity contribution in [2.45, 2.75) is 19.4 Å². The summed E-state index contributed by atoms with van der Waals surface area (Å²) < 4.78 is 4.65. The fourth-order valence-corrected chi connectivity index (χ4v) is 2.18. The first-order valence-electron chi connectivity index (χ1n) is 6.25. The van der Waals surface area contributed by atoms with Crippen LogP contribution in [0.15, 0.2) is 18.2 Å². The summed E-state index contributed by atoms with van der Waals surface area (Å²) in [7, 11) is 0. The number of primary amides is 1. The third kappa shape index (κ3) is 3.37. The molecule has 4 N–H and O–H groups in total. The van der Waals surface area contributed by atoms with Crippen LogP contribution in [-0.2, 0) is 17.7 Å². The van der Waals surface area contributed by atoms with E-state index in [0.29, 0.717) is 13.2 Å². The smallest absolute Gasteiger partial charge is 0.404 e. The number of fused-ring (bicyclic) bond motifs is 1. The molecule has 98 valence electrons. The van der Waals surface area contributed by atoms with E-state index in [0.717, 1.165) is 19.5 Å². The van der Waals surface area contributed by atoms with Gasteiger partial charge in [-0.1, -0.05) is 18.2 Å². The molecule has 0 fully saturated rings. The molecule has 1 heterocycles. The molecule has 1 aromatic carbocycles. The van der Waals surface area contributed by atoms with Gasteiger partial charge in [0.2, 0.25) is 0 Å². The number of hydrogen-bond donors (Lipinski definition) is 3. The van der Waals surface area contributed by atoms with Crippen molar-refractivity contribution in [3.63, 3.8) is 0 Å². The van der Waals surface area contributed by atoms with Crippen LogP contribution in [0.2, 0.25) is 0 Å². The van der Waals surface area contributed by atoms with Crippen LogP contribution in [0.25, 0.3) is 0 Å². The van der Waals surface area contributed by atoms with Crippen LogP contribution in [0.1, 0.15) is 17.5 Å². The first kappa shape index (κ1) is 12.7. The van der Waals surface area contributed by atoms with E-state index in [1.165, 1.54) is 23.2 Å². The van der Waals surface area contributed by atoms with E-state index in [4.69, 9.17) is 5.73 Å². The van der Waals surface area contributed by atoms with E-state index in [9.17, 15) is 4.79 Å². The Morgan fingerprint density at radius 1 is 1.50 bits per heavy atom. The number of anilines is 1. The molecular weight excluding hydrogens is 230 g/mol. The third-order valence-corrected chi connectivity index (χ3v) is 3.00. The molecule has 0 saturated heterocycles. The predicted octanol–water partition coefficient (Wildman–Crippen LogP) is 1.23. The van der Waals surface area contributed by atoms with E-state index < -0.39 is 6.09 Å². The Hall–Kier alpha value is -1.75. The molecule has 1 aromatic rings. The van der Waals surface area contributed by atoms with Gasteiger partial charge in [-0.05, 0) is 24.0 Å². The highest BCUT2D eigenvalue weighted by atomic mass is 16.5. The number of carbonyl (C=O) groups excluding carboxylic acids is 1. The number of rotatable bonds is 5. The molecule has 1 aliphatic heterocycles. The number of benzene rings is 1. The summed E-state index contributed by atoms with van der Waals surface area (Å²) >= 11 is 0. The van der Waals surface area contributed by atoms with E-state index in [1.807, 2.05) is 0 Å². The highest BCUT2D eigenvalue weighted by molar-refractivity contribution is 5.64. The van der Waals surface area contributed by atoms with Gasteiger partial charge in [-0.15, -0.1) is 0 Å². The Balaban J connectivity index is 1.84. The lowest BCUT2D eigenvalue weighted by Crippen LogP contribution is -2.24. The summed E-state index contributed by atoms with van der Waals surface area (Å²) in [6.45, 7) is 2.71. The molecule has 0 unspecified atom stereocenters. The van der Waals surface area contributed by atoms with E-state index in [2.05, 4.69) is 33.6 Å². The number of carbonyl (C=O) groups is 1. The SMILES string of the molecule is NC(=O)OCCNCc1cccc2c1NCCC2. The number of nitrogens with two attached hydrogens (primary N) is 1. The third-order valence-electron chi connectivity index (χ3n) is 3.00. The Labute approximate surface area is 107 Å². The van der Waals surface area contributed by atoms with Gasteiger partial charge in [-0.25, -0.2) is 4.79 Å². The lowest BCUT2D eigenvalue weighted by Gasteiger charge is -2.21. The van der Waals surface area contributed by atoms with Crippen LogP contribution in [-0.4, -0.2) is 25.8 Å². The summed E-state index contributed by atoms with van der Waals surface area (Å²) in [5.41, 5.74) is 8.77.